The number of carboxylic acid groups (broad SMARTS) is 1. The lowest BCUT2D eigenvalue weighted by atomic mass is 9.89. The summed E-state index contributed by atoms with van der Waals surface area (Å²) in [5.41, 5.74) is -1.59. The molecule has 10 heteroatoms. The molecule has 0 spiro atoms. The summed E-state index contributed by atoms with van der Waals surface area (Å²) < 4.78 is 33.1. The maximum absolute atomic E-state index is 12.6. The van der Waals surface area contributed by atoms with Crippen molar-refractivity contribution in [2.75, 3.05) is 20.3 Å². The van der Waals surface area contributed by atoms with E-state index in [0.29, 0.717) is 0 Å². The lowest BCUT2D eigenvalue weighted by Crippen LogP contribution is -2.57. The Balaban J connectivity index is 2.39. The number of rotatable bonds is 5. The minimum Gasteiger partial charge on any atom is -0.496 e. The van der Waals surface area contributed by atoms with Crippen molar-refractivity contribution in [3.63, 3.8) is 0 Å². The number of carbonyl (C=O) groups excluding carboxylic acids is 1. The zero-order valence-electron chi connectivity index (χ0n) is 12.9. The highest BCUT2D eigenvalue weighted by Gasteiger charge is 2.42. The second-order valence-electron chi connectivity index (χ2n) is 5.36. The first-order valence-corrected chi connectivity index (χ1v) is 8.59. The normalized spacial score (nSPS) is 17.1. The summed E-state index contributed by atoms with van der Waals surface area (Å²) in [7, 11) is -2.71. The molecule has 2 rings (SSSR count). The Morgan fingerprint density at radius 1 is 1.33 bits per heavy atom. The molecule has 4 N–H and O–H groups in total. The smallest absolute Gasteiger partial charge is 0.329 e. The predicted molar refractivity (Wildman–Crippen MR) is 82.3 cm³/mol. The maximum atomic E-state index is 12.6. The Bertz CT molecular complexity index is 754. The van der Waals surface area contributed by atoms with Gasteiger partial charge in [-0.3, -0.25) is 4.79 Å². The van der Waals surface area contributed by atoms with Crippen LogP contribution in [0.15, 0.2) is 23.1 Å². The lowest BCUT2D eigenvalue weighted by molar-refractivity contribution is -0.148. The first-order valence-electron chi connectivity index (χ1n) is 7.04. The number of benzene rings is 1. The number of hydrogen-bond acceptors (Lipinski definition) is 6. The maximum Gasteiger partial charge on any atom is 0.329 e. The van der Waals surface area contributed by atoms with E-state index in [-0.39, 0.29) is 42.3 Å². The van der Waals surface area contributed by atoms with E-state index < -0.39 is 27.4 Å². The zero-order chi connectivity index (χ0) is 18.0. The molecule has 1 aromatic rings. The van der Waals surface area contributed by atoms with Gasteiger partial charge in [0.1, 0.15) is 11.3 Å². The first-order chi connectivity index (χ1) is 11.2. The van der Waals surface area contributed by atoms with Crippen molar-refractivity contribution in [1.29, 1.82) is 0 Å². The highest BCUT2D eigenvalue weighted by molar-refractivity contribution is 7.89. The van der Waals surface area contributed by atoms with Crippen molar-refractivity contribution in [3.05, 3.63) is 23.8 Å². The summed E-state index contributed by atoms with van der Waals surface area (Å²) >= 11 is 0. The summed E-state index contributed by atoms with van der Waals surface area (Å²) in [5.74, 6) is -1.84. The molecule has 1 aliphatic heterocycles. The van der Waals surface area contributed by atoms with Crippen molar-refractivity contribution >= 4 is 21.9 Å². The molecule has 0 saturated carbocycles. The fourth-order valence-corrected chi connectivity index (χ4v) is 2.98. The molecule has 0 radical (unpaired) electrons. The van der Waals surface area contributed by atoms with Crippen LogP contribution in [0, 0.1) is 0 Å². The number of carboxylic acids is 1. The number of hydrogen-bond donors (Lipinski definition) is 3. The Morgan fingerprint density at radius 2 is 1.96 bits per heavy atom. The Hall–Kier alpha value is -2.17. The number of nitrogens with one attached hydrogen (secondary N) is 1. The van der Waals surface area contributed by atoms with Crippen LogP contribution in [0.1, 0.15) is 23.2 Å². The fourth-order valence-electron chi connectivity index (χ4n) is 2.44. The standard InChI is InChI=1S/C14H18N2O7S/c1-22-11-3-2-9(24(15,20)21)8-10(11)12(17)16-14(13(18)19)4-6-23-7-5-14/h2-3,8H,4-7H2,1H3,(H,16,17)(H,18,19)(H2,15,20,21). The summed E-state index contributed by atoms with van der Waals surface area (Å²) in [6, 6.07) is 3.54. The van der Waals surface area contributed by atoms with Crippen molar-refractivity contribution in [2.24, 2.45) is 5.14 Å². The van der Waals surface area contributed by atoms with Gasteiger partial charge in [-0.15, -0.1) is 0 Å². The van der Waals surface area contributed by atoms with Crippen molar-refractivity contribution in [1.82, 2.24) is 5.32 Å². The topological polar surface area (TPSA) is 145 Å². The molecular weight excluding hydrogens is 340 g/mol. The van der Waals surface area contributed by atoms with E-state index in [1.807, 2.05) is 0 Å². The van der Waals surface area contributed by atoms with Gasteiger partial charge in [-0.2, -0.15) is 0 Å². The van der Waals surface area contributed by atoms with Gasteiger partial charge >= 0.3 is 5.97 Å². The first kappa shape index (κ1) is 18.2. The van der Waals surface area contributed by atoms with E-state index in [1.54, 1.807) is 0 Å². The molecule has 1 saturated heterocycles. The van der Waals surface area contributed by atoms with E-state index in [9.17, 15) is 23.1 Å². The van der Waals surface area contributed by atoms with Gasteiger partial charge in [0.2, 0.25) is 10.0 Å². The van der Waals surface area contributed by atoms with E-state index in [1.165, 1.54) is 19.2 Å². The van der Waals surface area contributed by atoms with Crippen LogP contribution in [0.2, 0.25) is 0 Å². The van der Waals surface area contributed by atoms with Crippen LogP contribution >= 0.6 is 0 Å². The molecule has 1 amide bonds. The van der Waals surface area contributed by atoms with Gasteiger partial charge in [0.25, 0.3) is 5.91 Å². The van der Waals surface area contributed by atoms with E-state index in [2.05, 4.69) is 5.32 Å². The van der Waals surface area contributed by atoms with Crippen LogP contribution in [0.3, 0.4) is 0 Å². The second-order valence-corrected chi connectivity index (χ2v) is 6.92. The monoisotopic (exact) mass is 358 g/mol. The molecule has 1 fully saturated rings. The minimum absolute atomic E-state index is 0.102. The molecule has 9 nitrogen and oxygen atoms in total. The van der Waals surface area contributed by atoms with Crippen LogP contribution in [0.25, 0.3) is 0 Å². The molecule has 132 valence electrons. The molecule has 0 unspecified atom stereocenters. The average Bonchev–Trinajstić information content (AvgIpc) is 2.54. The van der Waals surface area contributed by atoms with E-state index in [4.69, 9.17) is 14.6 Å². The molecule has 24 heavy (non-hydrogen) atoms. The highest BCUT2D eigenvalue weighted by Crippen LogP contribution is 2.25. The summed E-state index contributed by atoms with van der Waals surface area (Å²) in [5, 5.41) is 17.0. The largest absolute Gasteiger partial charge is 0.496 e. The third-order valence-electron chi connectivity index (χ3n) is 3.85. The van der Waals surface area contributed by atoms with Crippen molar-refractivity contribution < 1.29 is 32.6 Å². The van der Waals surface area contributed by atoms with Crippen LogP contribution in [-0.4, -0.2) is 51.3 Å². The number of aliphatic carboxylic acids is 1. The molecular formula is C14H18N2O7S. The zero-order valence-corrected chi connectivity index (χ0v) is 13.8. The summed E-state index contributed by atoms with van der Waals surface area (Å²) in [6.07, 6.45) is 0.205. The van der Waals surface area contributed by atoms with Gasteiger partial charge in [-0.05, 0) is 18.2 Å². The molecule has 0 atom stereocenters. The minimum atomic E-state index is -4.02. The Kier molecular flexibility index (Phi) is 5.11. The SMILES string of the molecule is COc1ccc(S(N)(=O)=O)cc1C(=O)NC1(C(=O)O)CCOCC1. The third kappa shape index (κ3) is 3.66. The molecule has 1 heterocycles. The van der Waals surface area contributed by atoms with Gasteiger partial charge in [-0.25, -0.2) is 18.4 Å². The third-order valence-corrected chi connectivity index (χ3v) is 4.76. The molecule has 1 aromatic carbocycles. The molecule has 0 aliphatic carbocycles. The van der Waals surface area contributed by atoms with Crippen molar-refractivity contribution in [2.45, 2.75) is 23.3 Å². The summed E-state index contributed by atoms with van der Waals surface area (Å²) in [6.45, 7) is 0.391. The van der Waals surface area contributed by atoms with Gasteiger partial charge < -0.3 is 19.9 Å². The van der Waals surface area contributed by atoms with E-state index >= 15 is 0 Å². The Labute approximate surface area is 138 Å². The number of amides is 1. The van der Waals surface area contributed by atoms with Gasteiger partial charge in [0.05, 0.1) is 17.6 Å². The van der Waals surface area contributed by atoms with Gasteiger partial charge in [-0.1, -0.05) is 0 Å². The van der Waals surface area contributed by atoms with Crippen molar-refractivity contribution in [3.8, 4) is 5.75 Å². The number of methoxy groups -OCH3 is 1. The number of ether oxygens (including phenoxy) is 2. The number of sulfonamides is 1. The molecule has 0 bridgehead atoms. The van der Waals surface area contributed by atoms with Gasteiger partial charge in [0.15, 0.2) is 0 Å². The summed E-state index contributed by atoms with van der Waals surface area (Å²) in [4.78, 5) is 23.9. The van der Waals surface area contributed by atoms with Crippen LogP contribution in [-0.2, 0) is 19.6 Å². The van der Waals surface area contributed by atoms with Crippen LogP contribution < -0.4 is 15.2 Å². The van der Waals surface area contributed by atoms with Crippen LogP contribution in [0.5, 0.6) is 5.75 Å². The quantitative estimate of drug-likeness (QED) is 0.655. The molecule has 0 aromatic heterocycles. The molecule has 1 aliphatic rings. The second kappa shape index (κ2) is 6.75. The lowest BCUT2D eigenvalue weighted by Gasteiger charge is -2.34. The Morgan fingerprint density at radius 3 is 2.46 bits per heavy atom. The fraction of sp³-hybridized carbons (Fsp3) is 0.429. The van der Waals surface area contributed by atoms with Crippen LogP contribution in [0.4, 0.5) is 0 Å². The highest BCUT2D eigenvalue weighted by atomic mass is 32.2. The predicted octanol–water partition coefficient (Wildman–Crippen LogP) is -0.294. The number of primary sulfonamides is 1. The van der Waals surface area contributed by atoms with E-state index in [0.717, 1.165) is 6.07 Å². The average molecular weight is 358 g/mol. The van der Waals surface area contributed by atoms with Gasteiger partial charge in [0, 0.05) is 26.1 Å². The number of nitrogens with two attached hydrogens (primary N) is 1. The number of carbonyl (C=O) groups is 2.